The maximum atomic E-state index is 12.5. The van der Waals surface area contributed by atoms with Crippen LogP contribution in [0.2, 0.25) is 0 Å². The van der Waals surface area contributed by atoms with Gasteiger partial charge in [0.1, 0.15) is 0 Å². The molecule has 0 spiro atoms. The summed E-state index contributed by atoms with van der Waals surface area (Å²) in [5.74, 6) is -0.161. The van der Waals surface area contributed by atoms with Gasteiger partial charge < -0.3 is 10.2 Å². The van der Waals surface area contributed by atoms with Gasteiger partial charge in [0.2, 0.25) is 11.8 Å². The van der Waals surface area contributed by atoms with E-state index in [9.17, 15) is 14.4 Å². The molecule has 7 nitrogen and oxygen atoms in total. The number of carbonyl (C=O) groups excluding carboxylic acids is 2. The van der Waals surface area contributed by atoms with Gasteiger partial charge in [-0.1, -0.05) is 12.1 Å². The van der Waals surface area contributed by atoms with Crippen molar-refractivity contribution in [3.8, 4) is 0 Å². The smallest absolute Gasteiger partial charge is 0.261 e. The lowest BCUT2D eigenvalue weighted by Crippen LogP contribution is -2.25. The number of hydrogen-bond donors (Lipinski definition) is 1. The van der Waals surface area contributed by atoms with E-state index in [4.69, 9.17) is 0 Å². The van der Waals surface area contributed by atoms with Crippen LogP contribution in [-0.2, 0) is 22.6 Å². The maximum absolute atomic E-state index is 12.5. The first kappa shape index (κ1) is 17.9. The van der Waals surface area contributed by atoms with Crippen LogP contribution in [-0.4, -0.2) is 27.9 Å². The van der Waals surface area contributed by atoms with Crippen molar-refractivity contribution in [2.45, 2.75) is 26.3 Å². The molecule has 0 radical (unpaired) electrons. The van der Waals surface area contributed by atoms with Gasteiger partial charge in [-0.25, -0.2) is 4.98 Å². The van der Waals surface area contributed by atoms with Crippen molar-refractivity contribution in [2.24, 2.45) is 0 Å². The molecule has 1 N–H and O–H groups in total. The quantitative estimate of drug-likeness (QED) is 0.757. The normalized spacial score (nSPS) is 12.8. The molecule has 1 aromatic heterocycles. The number of aromatic nitrogens is 2. The van der Waals surface area contributed by atoms with E-state index in [1.807, 2.05) is 18.2 Å². The highest BCUT2D eigenvalue weighted by molar-refractivity contribution is 5.95. The molecule has 0 saturated heterocycles. The number of fused-ring (bicyclic) bond motifs is 2. The van der Waals surface area contributed by atoms with Crippen LogP contribution in [0.5, 0.6) is 0 Å². The van der Waals surface area contributed by atoms with Crippen LogP contribution in [0.25, 0.3) is 10.9 Å². The molecule has 1 aliphatic heterocycles. The van der Waals surface area contributed by atoms with Crippen LogP contribution in [0.4, 0.5) is 11.4 Å². The standard InChI is InChI=1S/C21H20N4O3/c1-14(26)25-11-8-15-12-16(6-7-19(15)25)23-20(27)9-10-24-13-22-18-5-3-2-4-17(18)21(24)28/h2-7,12-13H,8-11H2,1H3,(H,23,27). The van der Waals surface area contributed by atoms with Gasteiger partial charge in [-0.05, 0) is 42.3 Å². The minimum atomic E-state index is -0.179. The van der Waals surface area contributed by atoms with Crippen LogP contribution < -0.4 is 15.8 Å². The second-order valence-electron chi connectivity index (χ2n) is 6.82. The molecule has 0 aliphatic carbocycles. The molecule has 2 amide bonds. The third-order valence-corrected chi connectivity index (χ3v) is 4.95. The summed E-state index contributed by atoms with van der Waals surface area (Å²) in [7, 11) is 0. The van der Waals surface area contributed by atoms with E-state index in [1.54, 1.807) is 36.1 Å². The number of amides is 2. The summed E-state index contributed by atoms with van der Waals surface area (Å²) in [5, 5.41) is 3.41. The molecule has 2 aromatic carbocycles. The second kappa shape index (κ2) is 7.26. The number of anilines is 2. The number of para-hydroxylation sites is 1. The maximum Gasteiger partial charge on any atom is 0.261 e. The van der Waals surface area contributed by atoms with E-state index < -0.39 is 0 Å². The predicted molar refractivity (Wildman–Crippen MR) is 107 cm³/mol. The largest absolute Gasteiger partial charge is 0.326 e. The summed E-state index contributed by atoms with van der Waals surface area (Å²) in [5.41, 5.74) is 3.13. The number of rotatable bonds is 4. The van der Waals surface area contributed by atoms with Crippen molar-refractivity contribution in [2.75, 3.05) is 16.8 Å². The fraction of sp³-hybridized carbons (Fsp3) is 0.238. The Kier molecular flexibility index (Phi) is 4.65. The van der Waals surface area contributed by atoms with Crippen molar-refractivity contribution in [1.82, 2.24) is 9.55 Å². The van der Waals surface area contributed by atoms with E-state index in [0.717, 1.165) is 17.7 Å². The highest BCUT2D eigenvalue weighted by Crippen LogP contribution is 2.30. The number of nitrogens with zero attached hydrogens (tertiary/aromatic N) is 3. The number of aryl methyl sites for hydroxylation is 1. The van der Waals surface area contributed by atoms with Gasteiger partial charge >= 0.3 is 0 Å². The van der Waals surface area contributed by atoms with Crippen LogP contribution in [0.3, 0.4) is 0 Å². The first-order chi connectivity index (χ1) is 13.5. The van der Waals surface area contributed by atoms with Gasteiger partial charge in [-0.3, -0.25) is 19.0 Å². The Morgan fingerprint density at radius 1 is 1.18 bits per heavy atom. The van der Waals surface area contributed by atoms with Gasteiger partial charge in [0, 0.05) is 37.8 Å². The Labute approximate surface area is 161 Å². The lowest BCUT2D eigenvalue weighted by molar-refractivity contribution is -0.117. The Bertz CT molecular complexity index is 1140. The first-order valence-corrected chi connectivity index (χ1v) is 9.18. The summed E-state index contributed by atoms with van der Waals surface area (Å²) in [6, 6.07) is 12.7. The van der Waals surface area contributed by atoms with Crippen molar-refractivity contribution in [1.29, 1.82) is 0 Å². The third-order valence-electron chi connectivity index (χ3n) is 4.95. The fourth-order valence-electron chi connectivity index (χ4n) is 3.52. The van der Waals surface area contributed by atoms with Crippen LogP contribution in [0, 0.1) is 0 Å². The molecule has 7 heteroatoms. The van der Waals surface area contributed by atoms with Gasteiger partial charge in [0.05, 0.1) is 17.2 Å². The molecule has 1 aliphatic rings. The monoisotopic (exact) mass is 376 g/mol. The van der Waals surface area contributed by atoms with Crippen molar-refractivity contribution < 1.29 is 9.59 Å². The Hall–Kier alpha value is -3.48. The number of nitrogens with one attached hydrogen (secondary N) is 1. The summed E-state index contributed by atoms with van der Waals surface area (Å²) < 4.78 is 1.45. The molecular weight excluding hydrogens is 356 g/mol. The average molecular weight is 376 g/mol. The lowest BCUT2D eigenvalue weighted by Gasteiger charge is -2.15. The average Bonchev–Trinajstić information content (AvgIpc) is 3.11. The molecule has 2 heterocycles. The molecule has 3 aromatic rings. The zero-order chi connectivity index (χ0) is 19.7. The Morgan fingerprint density at radius 3 is 2.82 bits per heavy atom. The summed E-state index contributed by atoms with van der Waals surface area (Å²) in [6.07, 6.45) is 2.41. The number of benzene rings is 2. The van der Waals surface area contributed by atoms with E-state index in [2.05, 4.69) is 10.3 Å². The third kappa shape index (κ3) is 3.38. The molecule has 0 bridgehead atoms. The van der Waals surface area contributed by atoms with Gasteiger partial charge in [0.15, 0.2) is 0 Å². The zero-order valence-corrected chi connectivity index (χ0v) is 15.5. The first-order valence-electron chi connectivity index (χ1n) is 9.18. The molecule has 28 heavy (non-hydrogen) atoms. The molecule has 142 valence electrons. The number of carbonyl (C=O) groups is 2. The van der Waals surface area contributed by atoms with E-state index in [-0.39, 0.29) is 30.3 Å². The topological polar surface area (TPSA) is 84.3 Å². The molecule has 0 unspecified atom stereocenters. The van der Waals surface area contributed by atoms with Gasteiger partial charge in [-0.2, -0.15) is 0 Å². The SMILES string of the molecule is CC(=O)N1CCc2cc(NC(=O)CCn3cnc4ccccc4c3=O)ccc21. The fourth-order valence-corrected chi connectivity index (χ4v) is 3.52. The highest BCUT2D eigenvalue weighted by atomic mass is 16.2. The Balaban J connectivity index is 1.42. The van der Waals surface area contributed by atoms with Crippen molar-refractivity contribution in [3.63, 3.8) is 0 Å². The summed E-state index contributed by atoms with van der Waals surface area (Å²) in [6.45, 7) is 2.47. The Morgan fingerprint density at radius 2 is 2.00 bits per heavy atom. The minimum absolute atomic E-state index is 0.0185. The minimum Gasteiger partial charge on any atom is -0.326 e. The van der Waals surface area contributed by atoms with E-state index in [0.29, 0.717) is 23.1 Å². The van der Waals surface area contributed by atoms with E-state index >= 15 is 0 Å². The lowest BCUT2D eigenvalue weighted by atomic mass is 10.1. The zero-order valence-electron chi connectivity index (χ0n) is 15.5. The van der Waals surface area contributed by atoms with Crippen LogP contribution in [0.15, 0.2) is 53.6 Å². The second-order valence-corrected chi connectivity index (χ2v) is 6.82. The number of hydrogen-bond acceptors (Lipinski definition) is 4. The molecule has 0 saturated carbocycles. The van der Waals surface area contributed by atoms with Crippen LogP contribution in [0.1, 0.15) is 18.9 Å². The molecule has 4 rings (SSSR count). The van der Waals surface area contributed by atoms with Crippen LogP contribution >= 0.6 is 0 Å². The van der Waals surface area contributed by atoms with Crippen molar-refractivity contribution in [3.05, 3.63) is 64.7 Å². The predicted octanol–water partition coefficient (Wildman–Crippen LogP) is 2.33. The van der Waals surface area contributed by atoms with Crippen molar-refractivity contribution >= 4 is 34.1 Å². The molecule has 0 atom stereocenters. The molecular formula is C21H20N4O3. The van der Waals surface area contributed by atoms with E-state index in [1.165, 1.54) is 10.9 Å². The highest BCUT2D eigenvalue weighted by Gasteiger charge is 2.22. The van der Waals surface area contributed by atoms with Gasteiger partial charge in [-0.15, -0.1) is 0 Å². The summed E-state index contributed by atoms with van der Waals surface area (Å²) >= 11 is 0. The van der Waals surface area contributed by atoms with Gasteiger partial charge in [0.25, 0.3) is 5.56 Å². The summed E-state index contributed by atoms with van der Waals surface area (Å²) in [4.78, 5) is 42.4. The molecule has 0 fully saturated rings.